The summed E-state index contributed by atoms with van der Waals surface area (Å²) in [5, 5.41) is 9.11. The first-order valence-corrected chi connectivity index (χ1v) is 7.99. The standard InChI is InChI=1S/C16H18F3N3O3/c17-16(18,19)10-22-13-6-2-1-5-12(13)21(14(22)23)9-11-4-3-7-20(8-11)15(24)25/h1-2,5-6,11H,3-4,7-10H2,(H,24,25). The predicted octanol–water partition coefficient (Wildman–Crippen LogP) is 2.76. The average Bonchev–Trinajstić information content (AvgIpc) is 2.80. The lowest BCUT2D eigenvalue weighted by Gasteiger charge is -2.30. The summed E-state index contributed by atoms with van der Waals surface area (Å²) in [6.07, 6.45) is -4.11. The number of para-hydroxylation sites is 2. The summed E-state index contributed by atoms with van der Waals surface area (Å²) in [5.74, 6) is -0.104. The Kier molecular flexibility index (Phi) is 4.49. The first kappa shape index (κ1) is 17.4. The van der Waals surface area contributed by atoms with Crippen molar-refractivity contribution in [2.24, 2.45) is 5.92 Å². The molecule has 1 amide bonds. The molecule has 1 aliphatic heterocycles. The maximum atomic E-state index is 12.8. The molecule has 0 saturated carbocycles. The monoisotopic (exact) mass is 357 g/mol. The number of benzene rings is 1. The molecule has 1 aromatic heterocycles. The Morgan fingerprint density at radius 1 is 1.20 bits per heavy atom. The van der Waals surface area contributed by atoms with Crippen molar-refractivity contribution in [1.82, 2.24) is 14.0 Å². The number of rotatable bonds is 3. The van der Waals surface area contributed by atoms with E-state index >= 15 is 0 Å². The second-order valence-corrected chi connectivity index (χ2v) is 6.32. The number of alkyl halides is 3. The highest BCUT2D eigenvalue weighted by molar-refractivity contribution is 5.76. The SMILES string of the molecule is O=C(O)N1CCCC(Cn2c(=O)n(CC(F)(F)F)c3ccccc32)C1. The number of piperidine rings is 1. The minimum atomic E-state index is -4.50. The van der Waals surface area contributed by atoms with Gasteiger partial charge in [0.25, 0.3) is 0 Å². The van der Waals surface area contributed by atoms with Gasteiger partial charge in [0.2, 0.25) is 0 Å². The molecule has 136 valence electrons. The lowest BCUT2D eigenvalue weighted by Crippen LogP contribution is -2.41. The summed E-state index contributed by atoms with van der Waals surface area (Å²) in [6.45, 7) is -0.420. The van der Waals surface area contributed by atoms with Crippen LogP contribution >= 0.6 is 0 Å². The van der Waals surface area contributed by atoms with E-state index < -0.39 is 24.5 Å². The van der Waals surface area contributed by atoms with Gasteiger partial charge in [0.15, 0.2) is 0 Å². The van der Waals surface area contributed by atoms with Gasteiger partial charge in [-0.1, -0.05) is 12.1 Å². The highest BCUT2D eigenvalue weighted by Crippen LogP contribution is 2.23. The van der Waals surface area contributed by atoms with Gasteiger partial charge in [0.1, 0.15) is 6.54 Å². The molecular formula is C16H18F3N3O3. The first-order valence-electron chi connectivity index (χ1n) is 7.99. The van der Waals surface area contributed by atoms with Crippen LogP contribution in [-0.4, -0.2) is 44.5 Å². The van der Waals surface area contributed by atoms with E-state index in [0.717, 1.165) is 11.0 Å². The van der Waals surface area contributed by atoms with Gasteiger partial charge >= 0.3 is 18.0 Å². The van der Waals surface area contributed by atoms with Crippen LogP contribution in [0.3, 0.4) is 0 Å². The van der Waals surface area contributed by atoms with E-state index in [2.05, 4.69) is 0 Å². The van der Waals surface area contributed by atoms with Crippen molar-refractivity contribution in [1.29, 1.82) is 0 Å². The molecule has 0 bridgehead atoms. The quantitative estimate of drug-likeness (QED) is 0.919. The Hall–Kier alpha value is -2.45. The number of hydrogen-bond acceptors (Lipinski definition) is 2. The molecule has 0 radical (unpaired) electrons. The Labute approximate surface area is 141 Å². The number of hydrogen-bond donors (Lipinski definition) is 1. The minimum absolute atomic E-state index is 0.104. The molecule has 0 aliphatic carbocycles. The average molecular weight is 357 g/mol. The lowest BCUT2D eigenvalue weighted by molar-refractivity contribution is -0.140. The van der Waals surface area contributed by atoms with Crippen molar-refractivity contribution >= 4 is 17.1 Å². The van der Waals surface area contributed by atoms with Crippen LogP contribution in [0, 0.1) is 5.92 Å². The van der Waals surface area contributed by atoms with Crippen molar-refractivity contribution in [3.05, 3.63) is 34.7 Å². The molecule has 9 heteroatoms. The number of fused-ring (bicyclic) bond motifs is 1. The van der Waals surface area contributed by atoms with E-state index in [-0.39, 0.29) is 24.5 Å². The number of aromatic nitrogens is 2. The van der Waals surface area contributed by atoms with E-state index in [0.29, 0.717) is 18.5 Å². The highest BCUT2D eigenvalue weighted by atomic mass is 19.4. The van der Waals surface area contributed by atoms with Gasteiger partial charge in [0, 0.05) is 19.6 Å². The topological polar surface area (TPSA) is 67.5 Å². The molecule has 1 aromatic carbocycles. The molecule has 1 saturated heterocycles. The van der Waals surface area contributed by atoms with Gasteiger partial charge in [-0.25, -0.2) is 9.59 Å². The molecule has 1 atom stereocenters. The smallest absolute Gasteiger partial charge is 0.407 e. The lowest BCUT2D eigenvalue weighted by atomic mass is 9.98. The summed E-state index contributed by atoms with van der Waals surface area (Å²) in [5.41, 5.74) is -0.0501. The van der Waals surface area contributed by atoms with Gasteiger partial charge in [-0.05, 0) is 30.9 Å². The van der Waals surface area contributed by atoms with E-state index in [1.54, 1.807) is 18.2 Å². The van der Waals surface area contributed by atoms with Crippen LogP contribution in [-0.2, 0) is 13.1 Å². The van der Waals surface area contributed by atoms with Crippen LogP contribution in [0.15, 0.2) is 29.1 Å². The van der Waals surface area contributed by atoms with Gasteiger partial charge in [0.05, 0.1) is 11.0 Å². The Morgan fingerprint density at radius 3 is 2.44 bits per heavy atom. The molecule has 6 nitrogen and oxygen atoms in total. The second kappa shape index (κ2) is 6.45. The Bertz CT molecular complexity index is 840. The second-order valence-electron chi connectivity index (χ2n) is 6.32. The van der Waals surface area contributed by atoms with E-state index in [1.165, 1.54) is 15.5 Å². The number of imidazole rings is 1. The zero-order chi connectivity index (χ0) is 18.2. The van der Waals surface area contributed by atoms with Crippen LogP contribution in [0.25, 0.3) is 11.0 Å². The van der Waals surface area contributed by atoms with Crippen LogP contribution < -0.4 is 5.69 Å². The molecule has 2 heterocycles. The zero-order valence-electron chi connectivity index (χ0n) is 13.4. The van der Waals surface area contributed by atoms with Gasteiger partial charge < -0.3 is 10.0 Å². The predicted molar refractivity (Wildman–Crippen MR) is 84.6 cm³/mol. The third kappa shape index (κ3) is 3.64. The van der Waals surface area contributed by atoms with Crippen molar-refractivity contribution in [2.45, 2.75) is 32.1 Å². The minimum Gasteiger partial charge on any atom is -0.465 e. The highest BCUT2D eigenvalue weighted by Gasteiger charge is 2.31. The number of carbonyl (C=O) groups is 1. The van der Waals surface area contributed by atoms with Gasteiger partial charge in [-0.2, -0.15) is 13.2 Å². The summed E-state index contributed by atoms with van der Waals surface area (Å²) >= 11 is 0. The van der Waals surface area contributed by atoms with Crippen molar-refractivity contribution in [3.63, 3.8) is 0 Å². The maximum Gasteiger partial charge on any atom is 0.407 e. The third-order valence-corrected chi connectivity index (χ3v) is 4.49. The number of nitrogens with zero attached hydrogens (tertiary/aromatic N) is 3. The molecule has 1 fully saturated rings. The fourth-order valence-corrected chi connectivity index (χ4v) is 3.43. The molecule has 0 spiro atoms. The summed E-state index contributed by atoms with van der Waals surface area (Å²) in [6, 6.07) is 6.36. The van der Waals surface area contributed by atoms with E-state index in [9.17, 15) is 22.8 Å². The van der Waals surface area contributed by atoms with E-state index in [1.807, 2.05) is 0 Å². The molecule has 1 N–H and O–H groups in total. The third-order valence-electron chi connectivity index (χ3n) is 4.49. The fraction of sp³-hybridized carbons (Fsp3) is 0.500. The largest absolute Gasteiger partial charge is 0.465 e. The zero-order valence-corrected chi connectivity index (χ0v) is 13.4. The summed E-state index contributed by atoms with van der Waals surface area (Å²) < 4.78 is 40.5. The van der Waals surface area contributed by atoms with Crippen molar-refractivity contribution in [3.8, 4) is 0 Å². The molecular weight excluding hydrogens is 339 g/mol. The first-order chi connectivity index (χ1) is 11.8. The fourth-order valence-electron chi connectivity index (χ4n) is 3.43. The maximum absolute atomic E-state index is 12.8. The van der Waals surface area contributed by atoms with Gasteiger partial charge in [-0.15, -0.1) is 0 Å². The number of likely N-dealkylation sites (tertiary alicyclic amines) is 1. The summed E-state index contributed by atoms with van der Waals surface area (Å²) in [7, 11) is 0. The molecule has 3 rings (SSSR count). The van der Waals surface area contributed by atoms with Gasteiger partial charge in [-0.3, -0.25) is 9.13 Å². The van der Waals surface area contributed by atoms with E-state index in [4.69, 9.17) is 5.11 Å². The molecule has 1 unspecified atom stereocenters. The number of halogens is 3. The molecule has 2 aromatic rings. The normalized spacial score (nSPS) is 18.7. The Balaban J connectivity index is 1.95. The van der Waals surface area contributed by atoms with Crippen molar-refractivity contribution < 1.29 is 23.1 Å². The Morgan fingerprint density at radius 2 is 1.84 bits per heavy atom. The number of amides is 1. The number of carboxylic acid groups (broad SMARTS) is 1. The van der Waals surface area contributed by atoms with Crippen LogP contribution in [0.2, 0.25) is 0 Å². The molecule has 25 heavy (non-hydrogen) atoms. The van der Waals surface area contributed by atoms with Crippen LogP contribution in [0.5, 0.6) is 0 Å². The van der Waals surface area contributed by atoms with Crippen molar-refractivity contribution in [2.75, 3.05) is 13.1 Å². The van der Waals surface area contributed by atoms with Crippen LogP contribution in [0.1, 0.15) is 12.8 Å². The van der Waals surface area contributed by atoms with Crippen LogP contribution in [0.4, 0.5) is 18.0 Å². The summed E-state index contributed by atoms with van der Waals surface area (Å²) in [4.78, 5) is 25.0. The molecule has 1 aliphatic rings.